The second-order valence-corrected chi connectivity index (χ2v) is 7.61. The maximum Gasteiger partial charge on any atom is 0.416 e. The van der Waals surface area contributed by atoms with Crippen LogP contribution in [0.25, 0.3) is 0 Å². The van der Waals surface area contributed by atoms with Gasteiger partial charge >= 0.3 is 12.2 Å². The van der Waals surface area contributed by atoms with Gasteiger partial charge in [-0.05, 0) is 54.4 Å². The second-order valence-electron chi connectivity index (χ2n) is 5.93. The van der Waals surface area contributed by atoms with Crippen LogP contribution in [0.2, 0.25) is 0 Å². The van der Waals surface area contributed by atoms with Crippen molar-refractivity contribution in [3.05, 3.63) is 53.6 Å². The number of halogens is 3. The Morgan fingerprint density at radius 2 is 1.78 bits per heavy atom. The van der Waals surface area contributed by atoms with Gasteiger partial charge in [-0.25, -0.2) is 13.2 Å². The van der Waals surface area contributed by atoms with Crippen molar-refractivity contribution in [2.45, 2.75) is 17.5 Å². The first kappa shape index (κ1) is 19.0. The summed E-state index contributed by atoms with van der Waals surface area (Å²) >= 11 is 0. The smallest absolute Gasteiger partial charge is 0.341 e. The van der Waals surface area contributed by atoms with E-state index in [9.17, 15) is 26.4 Å². The van der Waals surface area contributed by atoms with E-state index >= 15 is 0 Å². The van der Waals surface area contributed by atoms with Crippen LogP contribution in [0.3, 0.4) is 0 Å². The lowest BCUT2D eigenvalue weighted by Gasteiger charge is -2.16. The lowest BCUT2D eigenvalue weighted by atomic mass is 10.2. The van der Waals surface area contributed by atoms with Gasteiger partial charge in [-0.2, -0.15) is 13.2 Å². The third kappa shape index (κ3) is 3.85. The zero-order valence-electron chi connectivity index (χ0n) is 14.2. The summed E-state index contributed by atoms with van der Waals surface area (Å²) in [4.78, 5) is 13.3. The number of alkyl halides is 3. The molecular formula is C17H16F3N3O3S. The van der Waals surface area contributed by atoms with E-state index in [-0.39, 0.29) is 16.6 Å². The summed E-state index contributed by atoms with van der Waals surface area (Å²) in [6.45, 7) is 0.435. The fraction of sp³-hybridized carbons (Fsp3) is 0.235. The Morgan fingerprint density at radius 1 is 1.11 bits per heavy atom. The molecule has 2 N–H and O–H groups in total. The highest BCUT2D eigenvalue weighted by atomic mass is 32.2. The lowest BCUT2D eigenvalue weighted by molar-refractivity contribution is -0.137. The number of sulfonamides is 1. The molecule has 0 atom stereocenters. The molecule has 2 aromatic rings. The van der Waals surface area contributed by atoms with Crippen molar-refractivity contribution in [3.63, 3.8) is 0 Å². The van der Waals surface area contributed by atoms with E-state index in [4.69, 9.17) is 0 Å². The van der Waals surface area contributed by atoms with Crippen LogP contribution >= 0.6 is 0 Å². The van der Waals surface area contributed by atoms with Gasteiger partial charge in [0, 0.05) is 25.0 Å². The number of nitrogens with one attached hydrogen (secondary N) is 2. The van der Waals surface area contributed by atoms with Crippen LogP contribution in [0, 0.1) is 0 Å². The summed E-state index contributed by atoms with van der Waals surface area (Å²) in [5.41, 5.74) is 0.490. The molecule has 0 unspecified atom stereocenters. The number of fused-ring (bicyclic) bond motifs is 1. The van der Waals surface area contributed by atoms with Crippen LogP contribution in [0.1, 0.15) is 11.1 Å². The van der Waals surface area contributed by atoms with Crippen molar-refractivity contribution in [2.75, 3.05) is 23.2 Å². The third-order valence-electron chi connectivity index (χ3n) is 4.18. The van der Waals surface area contributed by atoms with Gasteiger partial charge in [-0.15, -0.1) is 0 Å². The largest absolute Gasteiger partial charge is 0.416 e. The molecule has 2 amide bonds. The van der Waals surface area contributed by atoms with E-state index < -0.39 is 21.8 Å². The number of hydrogen-bond donors (Lipinski definition) is 2. The van der Waals surface area contributed by atoms with E-state index in [1.807, 2.05) is 0 Å². The Balaban J connectivity index is 1.83. The van der Waals surface area contributed by atoms with E-state index in [2.05, 4.69) is 10.0 Å². The van der Waals surface area contributed by atoms with E-state index in [0.29, 0.717) is 24.2 Å². The highest BCUT2D eigenvalue weighted by molar-refractivity contribution is 7.92. The number of nitrogens with zero attached hydrogens (tertiary/aromatic N) is 1. The van der Waals surface area contributed by atoms with Crippen molar-refractivity contribution < 1.29 is 26.4 Å². The van der Waals surface area contributed by atoms with Crippen molar-refractivity contribution in [3.8, 4) is 0 Å². The normalized spacial score (nSPS) is 14.0. The summed E-state index contributed by atoms with van der Waals surface area (Å²) in [6, 6.07) is 7.80. The Kier molecular flexibility index (Phi) is 4.77. The van der Waals surface area contributed by atoms with Crippen LogP contribution in [0.4, 0.5) is 29.3 Å². The number of benzene rings is 2. The molecular weight excluding hydrogens is 383 g/mol. The maximum absolute atomic E-state index is 12.6. The summed E-state index contributed by atoms with van der Waals surface area (Å²) in [7, 11) is -2.47. The van der Waals surface area contributed by atoms with Crippen molar-refractivity contribution >= 4 is 27.4 Å². The number of carbonyl (C=O) groups is 1. The fourth-order valence-corrected chi connectivity index (χ4v) is 3.94. The first-order valence-electron chi connectivity index (χ1n) is 7.94. The van der Waals surface area contributed by atoms with Crippen LogP contribution in [-0.2, 0) is 22.6 Å². The van der Waals surface area contributed by atoms with Crippen molar-refractivity contribution in [1.82, 2.24) is 5.32 Å². The Labute approximate surface area is 154 Å². The van der Waals surface area contributed by atoms with Crippen LogP contribution in [-0.4, -0.2) is 28.0 Å². The van der Waals surface area contributed by atoms with Gasteiger partial charge in [-0.3, -0.25) is 9.62 Å². The molecule has 1 heterocycles. The van der Waals surface area contributed by atoms with Gasteiger partial charge in [0.25, 0.3) is 10.0 Å². The Hall–Kier alpha value is -2.75. The van der Waals surface area contributed by atoms with Gasteiger partial charge in [0.1, 0.15) is 0 Å². The van der Waals surface area contributed by atoms with Crippen LogP contribution < -0.4 is 14.9 Å². The average molecular weight is 399 g/mol. The van der Waals surface area contributed by atoms with Gasteiger partial charge in [0.15, 0.2) is 0 Å². The molecule has 0 aromatic heterocycles. The molecule has 1 aliphatic rings. The highest BCUT2D eigenvalue weighted by Gasteiger charge is 2.30. The van der Waals surface area contributed by atoms with Gasteiger partial charge in [0.05, 0.1) is 10.5 Å². The molecule has 0 radical (unpaired) electrons. The third-order valence-corrected chi connectivity index (χ3v) is 5.56. The number of amides is 2. The summed E-state index contributed by atoms with van der Waals surface area (Å²) in [5, 5.41) is 2.52. The quantitative estimate of drug-likeness (QED) is 0.832. The minimum Gasteiger partial charge on any atom is -0.341 e. The maximum atomic E-state index is 12.6. The summed E-state index contributed by atoms with van der Waals surface area (Å²) < 4.78 is 65.1. The summed E-state index contributed by atoms with van der Waals surface area (Å²) in [5.74, 6) is 0. The van der Waals surface area contributed by atoms with Gasteiger partial charge in [-0.1, -0.05) is 0 Å². The zero-order chi connectivity index (χ0) is 19.8. The van der Waals surface area contributed by atoms with Crippen molar-refractivity contribution in [1.29, 1.82) is 0 Å². The lowest BCUT2D eigenvalue weighted by Crippen LogP contribution is -2.36. The minimum atomic E-state index is -4.49. The molecule has 2 aromatic carbocycles. The highest BCUT2D eigenvalue weighted by Crippen LogP contribution is 2.32. The fourth-order valence-electron chi connectivity index (χ4n) is 2.83. The number of anilines is 2. The molecule has 27 heavy (non-hydrogen) atoms. The van der Waals surface area contributed by atoms with Crippen LogP contribution in [0.15, 0.2) is 47.4 Å². The molecule has 10 heteroatoms. The minimum absolute atomic E-state index is 0.0236. The number of rotatable bonds is 3. The predicted molar refractivity (Wildman–Crippen MR) is 94.2 cm³/mol. The number of hydrogen-bond acceptors (Lipinski definition) is 3. The molecule has 6 nitrogen and oxygen atoms in total. The Morgan fingerprint density at radius 3 is 2.37 bits per heavy atom. The molecule has 0 saturated heterocycles. The Bertz CT molecular complexity index is 973. The second kappa shape index (κ2) is 6.76. The SMILES string of the molecule is CNC(=O)N1CCc2cc(S(=O)(=O)Nc3ccc(C(F)(F)F)cc3)ccc21. The topological polar surface area (TPSA) is 78.5 Å². The zero-order valence-corrected chi connectivity index (χ0v) is 15.0. The first-order chi connectivity index (χ1) is 12.6. The predicted octanol–water partition coefficient (Wildman–Crippen LogP) is 3.21. The van der Waals surface area contributed by atoms with E-state index in [1.54, 1.807) is 6.07 Å². The molecule has 0 spiro atoms. The molecule has 0 bridgehead atoms. The van der Waals surface area contributed by atoms with Crippen molar-refractivity contribution in [2.24, 2.45) is 0 Å². The molecule has 144 valence electrons. The number of carbonyl (C=O) groups excluding carboxylic acids is 1. The molecule has 3 rings (SSSR count). The van der Waals surface area contributed by atoms with Crippen LogP contribution in [0.5, 0.6) is 0 Å². The molecule has 0 aliphatic carbocycles. The molecule has 1 aliphatic heterocycles. The van der Waals surface area contributed by atoms with E-state index in [0.717, 1.165) is 24.3 Å². The van der Waals surface area contributed by atoms with E-state index in [1.165, 1.54) is 24.1 Å². The molecule has 0 fully saturated rings. The van der Waals surface area contributed by atoms with Gasteiger partial charge in [0.2, 0.25) is 0 Å². The molecule has 0 saturated carbocycles. The average Bonchev–Trinajstić information content (AvgIpc) is 3.03. The monoisotopic (exact) mass is 399 g/mol. The first-order valence-corrected chi connectivity index (χ1v) is 9.42. The number of urea groups is 1. The van der Waals surface area contributed by atoms with Gasteiger partial charge < -0.3 is 5.32 Å². The summed E-state index contributed by atoms with van der Waals surface area (Å²) in [6.07, 6.45) is -3.99. The standard InChI is InChI=1S/C17H16F3N3O3S/c1-21-16(24)23-9-8-11-10-14(6-7-15(11)23)27(25,26)22-13-4-2-12(3-5-13)17(18,19)20/h2-7,10,22H,8-9H2,1H3,(H,21,24).